The molecule has 0 radical (unpaired) electrons. The van der Waals surface area contributed by atoms with E-state index in [4.69, 9.17) is 9.84 Å². The fourth-order valence-corrected chi connectivity index (χ4v) is 2.55. The molecule has 0 aliphatic carbocycles. The lowest BCUT2D eigenvalue weighted by Gasteiger charge is -2.15. The van der Waals surface area contributed by atoms with E-state index in [0.29, 0.717) is 50.3 Å². The van der Waals surface area contributed by atoms with Gasteiger partial charge in [-0.25, -0.2) is 0 Å². The Morgan fingerprint density at radius 3 is 2.52 bits per heavy atom. The molecule has 1 saturated heterocycles. The zero-order chi connectivity index (χ0) is 16.8. The van der Waals surface area contributed by atoms with Crippen LogP contribution in [0.25, 0.3) is 0 Å². The normalized spacial score (nSPS) is 17.1. The van der Waals surface area contributed by atoms with E-state index in [2.05, 4.69) is 0 Å². The Balaban J connectivity index is 1.68. The number of ether oxygens (including phenoxy) is 1. The van der Waals surface area contributed by atoms with Crippen molar-refractivity contribution in [2.24, 2.45) is 5.92 Å². The van der Waals surface area contributed by atoms with Crippen molar-refractivity contribution in [3.63, 3.8) is 0 Å². The number of hydrogen-bond donors (Lipinski definition) is 1. The van der Waals surface area contributed by atoms with E-state index in [1.807, 2.05) is 0 Å². The Morgan fingerprint density at radius 1 is 1.26 bits per heavy atom. The third kappa shape index (κ3) is 4.81. The van der Waals surface area contributed by atoms with Gasteiger partial charge in [-0.15, -0.1) is 0 Å². The topological polar surface area (TPSA) is 83.9 Å². The number of hydrogen-bond acceptors (Lipinski definition) is 4. The maximum Gasteiger partial charge on any atom is 0.308 e. The minimum atomic E-state index is -0.836. The molecule has 0 bridgehead atoms. The van der Waals surface area contributed by atoms with E-state index in [1.165, 1.54) is 6.92 Å². The summed E-state index contributed by atoms with van der Waals surface area (Å²) in [5.41, 5.74) is 0.634. The molecular weight excluding hydrogens is 298 g/mol. The molecular formula is C17H21NO5. The Bertz CT molecular complexity index is 581. The first-order valence-electron chi connectivity index (χ1n) is 7.71. The van der Waals surface area contributed by atoms with Gasteiger partial charge >= 0.3 is 5.97 Å². The number of Topliss-reactive ketones (excluding diaryl/α,β-unsaturated/α-hetero) is 1. The number of carbonyl (C=O) groups excluding carboxylic acids is 2. The van der Waals surface area contributed by atoms with E-state index in [9.17, 15) is 14.4 Å². The van der Waals surface area contributed by atoms with Crippen molar-refractivity contribution in [3.05, 3.63) is 29.8 Å². The van der Waals surface area contributed by atoms with E-state index >= 15 is 0 Å². The molecule has 0 saturated carbocycles. The van der Waals surface area contributed by atoms with Crippen LogP contribution in [-0.2, 0) is 9.59 Å². The first kappa shape index (κ1) is 17.0. The van der Waals surface area contributed by atoms with Gasteiger partial charge in [0.1, 0.15) is 5.75 Å². The summed E-state index contributed by atoms with van der Waals surface area (Å²) in [6, 6.07) is 6.88. The van der Waals surface area contributed by atoms with E-state index < -0.39 is 11.9 Å². The van der Waals surface area contributed by atoms with Gasteiger partial charge in [0.15, 0.2) is 5.78 Å². The number of benzene rings is 1. The maximum atomic E-state index is 12.0. The summed E-state index contributed by atoms with van der Waals surface area (Å²) in [6.45, 7) is 2.74. The average molecular weight is 319 g/mol. The fraction of sp³-hybridized carbons (Fsp3) is 0.471. The Labute approximate surface area is 135 Å². The molecule has 1 amide bonds. The third-order valence-electron chi connectivity index (χ3n) is 3.95. The number of amides is 1. The summed E-state index contributed by atoms with van der Waals surface area (Å²) in [7, 11) is 0. The van der Waals surface area contributed by atoms with Crippen molar-refractivity contribution in [2.75, 3.05) is 19.7 Å². The van der Waals surface area contributed by atoms with Crippen LogP contribution >= 0.6 is 0 Å². The maximum absolute atomic E-state index is 12.0. The molecule has 124 valence electrons. The summed E-state index contributed by atoms with van der Waals surface area (Å²) in [5.74, 6) is -0.626. The van der Waals surface area contributed by atoms with Crippen LogP contribution in [0.2, 0.25) is 0 Å². The van der Waals surface area contributed by atoms with Gasteiger partial charge in [-0.05, 0) is 44.0 Å². The van der Waals surface area contributed by atoms with Crippen LogP contribution in [0.15, 0.2) is 24.3 Å². The average Bonchev–Trinajstić information content (AvgIpc) is 3.02. The number of rotatable bonds is 7. The van der Waals surface area contributed by atoms with Gasteiger partial charge < -0.3 is 14.7 Å². The van der Waals surface area contributed by atoms with Crippen molar-refractivity contribution < 1.29 is 24.2 Å². The molecule has 0 spiro atoms. The van der Waals surface area contributed by atoms with Crippen molar-refractivity contribution in [1.29, 1.82) is 0 Å². The first-order valence-corrected chi connectivity index (χ1v) is 7.71. The van der Waals surface area contributed by atoms with Crippen LogP contribution in [-0.4, -0.2) is 47.4 Å². The SMILES string of the molecule is CC(=O)c1ccc(OCCCC(=O)N2CCC(C(=O)O)C2)cc1. The van der Waals surface area contributed by atoms with Crippen LogP contribution < -0.4 is 4.74 Å². The van der Waals surface area contributed by atoms with Gasteiger partial charge in [-0.2, -0.15) is 0 Å². The highest BCUT2D eigenvalue weighted by molar-refractivity contribution is 5.94. The minimum Gasteiger partial charge on any atom is -0.494 e. The Morgan fingerprint density at radius 2 is 1.96 bits per heavy atom. The monoisotopic (exact) mass is 319 g/mol. The smallest absolute Gasteiger partial charge is 0.308 e. The number of aliphatic carboxylic acids is 1. The lowest BCUT2D eigenvalue weighted by atomic mass is 10.1. The third-order valence-corrected chi connectivity index (χ3v) is 3.95. The fourth-order valence-electron chi connectivity index (χ4n) is 2.55. The van der Waals surface area contributed by atoms with Crippen LogP contribution in [0.3, 0.4) is 0 Å². The molecule has 1 aliphatic heterocycles. The van der Waals surface area contributed by atoms with Gasteiger partial charge in [0, 0.05) is 25.1 Å². The second-order valence-electron chi connectivity index (χ2n) is 5.70. The number of carboxylic acid groups (broad SMARTS) is 1. The largest absolute Gasteiger partial charge is 0.494 e. The quantitative estimate of drug-likeness (QED) is 0.614. The van der Waals surface area contributed by atoms with Gasteiger partial charge in [-0.3, -0.25) is 14.4 Å². The number of ketones is 1. The van der Waals surface area contributed by atoms with E-state index in [0.717, 1.165) is 0 Å². The molecule has 1 aromatic carbocycles. The minimum absolute atomic E-state index is 0.00687. The second-order valence-corrected chi connectivity index (χ2v) is 5.70. The zero-order valence-corrected chi connectivity index (χ0v) is 13.2. The summed E-state index contributed by atoms with van der Waals surface area (Å²) in [5, 5.41) is 8.93. The number of carboxylic acids is 1. The lowest BCUT2D eigenvalue weighted by molar-refractivity contribution is -0.141. The van der Waals surface area contributed by atoms with Gasteiger partial charge in [0.25, 0.3) is 0 Å². The first-order chi connectivity index (χ1) is 11.0. The molecule has 1 aliphatic rings. The zero-order valence-electron chi connectivity index (χ0n) is 13.2. The van der Waals surface area contributed by atoms with Gasteiger partial charge in [-0.1, -0.05) is 0 Å². The Hall–Kier alpha value is -2.37. The highest BCUT2D eigenvalue weighted by Gasteiger charge is 2.30. The predicted octanol–water partition coefficient (Wildman–Crippen LogP) is 1.98. The Kier molecular flexibility index (Phi) is 5.73. The molecule has 6 nitrogen and oxygen atoms in total. The summed E-state index contributed by atoms with van der Waals surface area (Å²) in [4.78, 5) is 35.6. The van der Waals surface area contributed by atoms with Gasteiger partial charge in [0.2, 0.25) is 5.91 Å². The van der Waals surface area contributed by atoms with Crippen LogP contribution in [0, 0.1) is 5.92 Å². The van der Waals surface area contributed by atoms with Crippen LogP contribution in [0.4, 0.5) is 0 Å². The molecule has 1 aromatic rings. The highest BCUT2D eigenvalue weighted by atomic mass is 16.5. The van der Waals surface area contributed by atoms with Crippen molar-refractivity contribution >= 4 is 17.7 Å². The molecule has 23 heavy (non-hydrogen) atoms. The number of carbonyl (C=O) groups is 3. The van der Waals surface area contributed by atoms with Crippen LogP contribution in [0.1, 0.15) is 36.5 Å². The molecule has 1 atom stereocenters. The van der Waals surface area contributed by atoms with Crippen molar-refractivity contribution in [1.82, 2.24) is 4.90 Å². The molecule has 1 fully saturated rings. The summed E-state index contributed by atoms with van der Waals surface area (Å²) >= 11 is 0. The summed E-state index contributed by atoms with van der Waals surface area (Å²) in [6.07, 6.45) is 1.44. The highest BCUT2D eigenvalue weighted by Crippen LogP contribution is 2.18. The van der Waals surface area contributed by atoms with E-state index in [-0.39, 0.29) is 11.7 Å². The molecule has 1 heterocycles. The molecule has 1 unspecified atom stereocenters. The van der Waals surface area contributed by atoms with Crippen molar-refractivity contribution in [2.45, 2.75) is 26.2 Å². The van der Waals surface area contributed by atoms with Gasteiger partial charge in [0.05, 0.1) is 12.5 Å². The molecule has 0 aromatic heterocycles. The van der Waals surface area contributed by atoms with Crippen LogP contribution in [0.5, 0.6) is 5.75 Å². The standard InChI is InChI=1S/C17H21NO5/c1-12(19)13-4-6-15(7-5-13)23-10-2-3-16(20)18-9-8-14(11-18)17(21)22/h4-7,14H,2-3,8-11H2,1H3,(H,21,22). The van der Waals surface area contributed by atoms with Crippen molar-refractivity contribution in [3.8, 4) is 5.75 Å². The number of likely N-dealkylation sites (tertiary alicyclic amines) is 1. The summed E-state index contributed by atoms with van der Waals surface area (Å²) < 4.78 is 5.54. The lowest BCUT2D eigenvalue weighted by Crippen LogP contribution is -2.30. The molecule has 2 rings (SSSR count). The number of nitrogens with zero attached hydrogens (tertiary/aromatic N) is 1. The molecule has 6 heteroatoms. The second kappa shape index (κ2) is 7.76. The van der Waals surface area contributed by atoms with E-state index in [1.54, 1.807) is 29.2 Å². The molecule has 1 N–H and O–H groups in total. The predicted molar refractivity (Wildman–Crippen MR) is 83.5 cm³/mol.